The Morgan fingerprint density at radius 1 is 1.00 bits per heavy atom. The molecule has 0 aliphatic carbocycles. The average Bonchev–Trinajstić information content (AvgIpc) is 2.16. The minimum atomic E-state index is 0.728. The van der Waals surface area contributed by atoms with E-state index in [0.717, 1.165) is 18.4 Å². The second kappa shape index (κ2) is 6.05. The molecule has 1 nitrogen and oxygen atoms in total. The fraction of sp³-hybridized carbons (Fsp3) is 0.600. The lowest BCUT2D eigenvalue weighted by atomic mass is 9.89. The number of benzene rings is 1. The van der Waals surface area contributed by atoms with Gasteiger partial charge in [-0.15, -0.1) is 0 Å². The molecule has 0 saturated heterocycles. The van der Waals surface area contributed by atoms with Crippen molar-refractivity contribution in [3.05, 3.63) is 34.9 Å². The van der Waals surface area contributed by atoms with Gasteiger partial charge in [-0.25, -0.2) is 0 Å². The van der Waals surface area contributed by atoms with Crippen molar-refractivity contribution < 1.29 is 0 Å². The largest absolute Gasteiger partial charge is 0.319 e. The van der Waals surface area contributed by atoms with Crippen LogP contribution in [0, 0.1) is 25.7 Å². The summed E-state index contributed by atoms with van der Waals surface area (Å²) >= 11 is 0. The molecular weight excluding hydrogens is 194 g/mol. The molecule has 1 rings (SSSR count). The Labute approximate surface area is 100 Å². The van der Waals surface area contributed by atoms with E-state index in [0.29, 0.717) is 0 Å². The van der Waals surface area contributed by atoms with E-state index in [-0.39, 0.29) is 0 Å². The van der Waals surface area contributed by atoms with E-state index in [2.05, 4.69) is 51.2 Å². The zero-order valence-corrected chi connectivity index (χ0v) is 11.3. The first kappa shape index (κ1) is 13.2. The molecule has 0 radical (unpaired) electrons. The Kier molecular flexibility index (Phi) is 5.01. The number of hydrogen-bond acceptors (Lipinski definition) is 1. The van der Waals surface area contributed by atoms with Crippen LogP contribution in [0.5, 0.6) is 0 Å². The number of aryl methyl sites for hydroxylation is 2. The molecule has 0 amide bonds. The summed E-state index contributed by atoms with van der Waals surface area (Å²) in [7, 11) is 2.03. The van der Waals surface area contributed by atoms with Crippen molar-refractivity contribution >= 4 is 0 Å². The van der Waals surface area contributed by atoms with Crippen molar-refractivity contribution in [3.8, 4) is 0 Å². The van der Waals surface area contributed by atoms with E-state index in [1.54, 1.807) is 0 Å². The van der Waals surface area contributed by atoms with Crippen LogP contribution in [0.4, 0.5) is 0 Å². The molecule has 0 aromatic heterocycles. The van der Waals surface area contributed by atoms with Gasteiger partial charge in [-0.3, -0.25) is 0 Å². The predicted molar refractivity (Wildman–Crippen MR) is 71.9 cm³/mol. The molecule has 16 heavy (non-hydrogen) atoms. The van der Waals surface area contributed by atoms with Gasteiger partial charge in [-0.1, -0.05) is 43.2 Å². The van der Waals surface area contributed by atoms with Crippen LogP contribution < -0.4 is 5.32 Å². The van der Waals surface area contributed by atoms with Crippen molar-refractivity contribution in [1.82, 2.24) is 5.32 Å². The first-order valence-electron chi connectivity index (χ1n) is 6.24. The van der Waals surface area contributed by atoms with Gasteiger partial charge in [0, 0.05) is 0 Å². The third kappa shape index (κ3) is 3.97. The highest BCUT2D eigenvalue weighted by atomic mass is 14.8. The van der Waals surface area contributed by atoms with Crippen LogP contribution in [0.1, 0.15) is 30.5 Å². The maximum atomic E-state index is 3.26. The van der Waals surface area contributed by atoms with Gasteiger partial charge in [0.2, 0.25) is 0 Å². The smallest absolute Gasteiger partial charge is 0.00235 e. The SMILES string of the molecule is CNCC(C)C(C)Cc1cc(C)cc(C)c1. The number of nitrogens with one attached hydrogen (secondary N) is 1. The Hall–Kier alpha value is -0.820. The monoisotopic (exact) mass is 219 g/mol. The lowest BCUT2D eigenvalue weighted by Gasteiger charge is -2.20. The third-order valence-electron chi connectivity index (χ3n) is 3.34. The maximum Gasteiger partial charge on any atom is -0.00235 e. The molecule has 0 aliphatic rings. The molecule has 1 N–H and O–H groups in total. The van der Waals surface area contributed by atoms with Gasteiger partial charge in [-0.2, -0.15) is 0 Å². The van der Waals surface area contributed by atoms with Gasteiger partial charge >= 0.3 is 0 Å². The predicted octanol–water partition coefficient (Wildman–Crippen LogP) is 3.34. The van der Waals surface area contributed by atoms with Crippen LogP contribution in [-0.2, 0) is 6.42 Å². The summed E-state index contributed by atoms with van der Waals surface area (Å²) in [6, 6.07) is 6.87. The van der Waals surface area contributed by atoms with Gasteiger partial charge in [0.05, 0.1) is 0 Å². The van der Waals surface area contributed by atoms with Gasteiger partial charge in [-0.05, 0) is 51.3 Å². The second-order valence-electron chi connectivity index (χ2n) is 5.21. The second-order valence-corrected chi connectivity index (χ2v) is 5.21. The van der Waals surface area contributed by atoms with E-state index >= 15 is 0 Å². The van der Waals surface area contributed by atoms with E-state index < -0.39 is 0 Å². The van der Waals surface area contributed by atoms with Crippen LogP contribution in [0.25, 0.3) is 0 Å². The third-order valence-corrected chi connectivity index (χ3v) is 3.34. The first-order chi connectivity index (χ1) is 7.52. The molecule has 1 heteroatoms. The summed E-state index contributed by atoms with van der Waals surface area (Å²) in [6.45, 7) is 10.1. The van der Waals surface area contributed by atoms with Gasteiger partial charge in [0.25, 0.3) is 0 Å². The Bertz CT molecular complexity index is 310. The first-order valence-corrected chi connectivity index (χ1v) is 6.24. The molecule has 1 aromatic carbocycles. The highest BCUT2D eigenvalue weighted by Crippen LogP contribution is 2.18. The molecule has 1 aromatic rings. The summed E-state index contributed by atoms with van der Waals surface area (Å²) in [6.07, 6.45) is 1.19. The summed E-state index contributed by atoms with van der Waals surface area (Å²) < 4.78 is 0. The standard InChI is InChI=1S/C15H25N/c1-11-6-12(2)8-15(7-11)9-13(3)14(4)10-16-5/h6-8,13-14,16H,9-10H2,1-5H3. The van der Waals surface area contributed by atoms with E-state index in [1.165, 1.54) is 23.1 Å². The van der Waals surface area contributed by atoms with Gasteiger partial charge in [0.1, 0.15) is 0 Å². The zero-order valence-electron chi connectivity index (χ0n) is 11.3. The number of hydrogen-bond donors (Lipinski definition) is 1. The Balaban J connectivity index is 2.65. The number of rotatable bonds is 5. The molecule has 0 saturated carbocycles. The maximum absolute atomic E-state index is 3.26. The summed E-state index contributed by atoms with van der Waals surface area (Å²) in [5, 5.41) is 3.26. The molecule has 0 bridgehead atoms. The van der Waals surface area contributed by atoms with Crippen LogP contribution in [0.2, 0.25) is 0 Å². The van der Waals surface area contributed by atoms with Gasteiger partial charge < -0.3 is 5.32 Å². The Morgan fingerprint density at radius 2 is 1.56 bits per heavy atom. The highest BCUT2D eigenvalue weighted by Gasteiger charge is 2.12. The summed E-state index contributed by atoms with van der Waals surface area (Å²) in [5.41, 5.74) is 4.24. The highest BCUT2D eigenvalue weighted by molar-refractivity contribution is 5.28. The molecule has 0 aliphatic heterocycles. The molecular formula is C15H25N. The summed E-state index contributed by atoms with van der Waals surface area (Å²) in [4.78, 5) is 0. The van der Waals surface area contributed by atoms with Crippen molar-refractivity contribution in [2.24, 2.45) is 11.8 Å². The topological polar surface area (TPSA) is 12.0 Å². The molecule has 0 spiro atoms. The van der Waals surface area contributed by atoms with Crippen molar-refractivity contribution in [2.75, 3.05) is 13.6 Å². The average molecular weight is 219 g/mol. The molecule has 2 atom stereocenters. The van der Waals surface area contributed by atoms with E-state index in [1.807, 2.05) is 7.05 Å². The van der Waals surface area contributed by atoms with Crippen molar-refractivity contribution in [1.29, 1.82) is 0 Å². The van der Waals surface area contributed by atoms with Gasteiger partial charge in [0.15, 0.2) is 0 Å². The minimum Gasteiger partial charge on any atom is -0.319 e. The Morgan fingerprint density at radius 3 is 2.06 bits per heavy atom. The van der Waals surface area contributed by atoms with E-state index in [4.69, 9.17) is 0 Å². The summed E-state index contributed by atoms with van der Waals surface area (Å²) in [5.74, 6) is 1.46. The van der Waals surface area contributed by atoms with Crippen LogP contribution in [0.3, 0.4) is 0 Å². The molecule has 2 unspecified atom stereocenters. The van der Waals surface area contributed by atoms with Crippen LogP contribution >= 0.6 is 0 Å². The molecule has 90 valence electrons. The fourth-order valence-electron chi connectivity index (χ4n) is 2.28. The van der Waals surface area contributed by atoms with Crippen LogP contribution in [0.15, 0.2) is 18.2 Å². The fourth-order valence-corrected chi connectivity index (χ4v) is 2.28. The van der Waals surface area contributed by atoms with E-state index in [9.17, 15) is 0 Å². The van der Waals surface area contributed by atoms with Crippen LogP contribution in [-0.4, -0.2) is 13.6 Å². The lowest BCUT2D eigenvalue weighted by Crippen LogP contribution is -2.23. The molecule has 0 fully saturated rings. The normalized spacial score (nSPS) is 14.8. The molecule has 0 heterocycles. The zero-order chi connectivity index (χ0) is 12.1. The van der Waals surface area contributed by atoms with Crippen molar-refractivity contribution in [3.63, 3.8) is 0 Å². The lowest BCUT2D eigenvalue weighted by molar-refractivity contribution is 0.374. The van der Waals surface area contributed by atoms with Crippen molar-refractivity contribution in [2.45, 2.75) is 34.1 Å². The minimum absolute atomic E-state index is 0.728. The quantitative estimate of drug-likeness (QED) is 0.801.